The summed E-state index contributed by atoms with van der Waals surface area (Å²) in [5.74, 6) is 1.57. The van der Waals surface area contributed by atoms with Crippen LogP contribution in [0.3, 0.4) is 0 Å². The van der Waals surface area contributed by atoms with E-state index in [9.17, 15) is 4.79 Å². The molecule has 1 saturated heterocycles. The molecule has 4 rings (SSSR count). The zero-order valence-electron chi connectivity index (χ0n) is 14.0. The molecule has 1 aromatic heterocycles. The number of carbonyl (C=O) groups is 1. The van der Waals surface area contributed by atoms with Crippen molar-refractivity contribution in [3.63, 3.8) is 0 Å². The standard InChI is InChI=1S/C19H21N3O3/c23-19(15-11-14-3-1-2-4-17(14)25-13-15)21-16-5-6-18(20-12-16)22-7-9-24-10-8-22/h1-6,12,15H,7-11,13H2,(H,21,23). The van der Waals surface area contributed by atoms with Crippen molar-refractivity contribution < 1.29 is 14.3 Å². The maximum absolute atomic E-state index is 12.5. The van der Waals surface area contributed by atoms with E-state index in [1.54, 1.807) is 6.20 Å². The van der Waals surface area contributed by atoms with Crippen LogP contribution >= 0.6 is 0 Å². The first-order valence-electron chi connectivity index (χ1n) is 8.60. The third-order valence-electron chi connectivity index (χ3n) is 4.60. The van der Waals surface area contributed by atoms with E-state index in [0.29, 0.717) is 18.7 Å². The number of ether oxygens (including phenoxy) is 2. The number of aromatic nitrogens is 1. The molecule has 2 aromatic rings. The van der Waals surface area contributed by atoms with E-state index in [2.05, 4.69) is 15.2 Å². The number of morpholine rings is 1. The van der Waals surface area contributed by atoms with Crippen LogP contribution in [-0.4, -0.2) is 43.8 Å². The molecule has 2 aliphatic heterocycles. The molecule has 3 heterocycles. The average Bonchev–Trinajstić information content (AvgIpc) is 2.69. The second-order valence-corrected chi connectivity index (χ2v) is 6.31. The Balaban J connectivity index is 1.38. The third-order valence-corrected chi connectivity index (χ3v) is 4.60. The van der Waals surface area contributed by atoms with E-state index in [0.717, 1.165) is 43.4 Å². The quantitative estimate of drug-likeness (QED) is 0.928. The summed E-state index contributed by atoms with van der Waals surface area (Å²) in [5.41, 5.74) is 1.79. The van der Waals surface area contributed by atoms with E-state index in [1.807, 2.05) is 36.4 Å². The van der Waals surface area contributed by atoms with Gasteiger partial charge < -0.3 is 19.7 Å². The smallest absolute Gasteiger partial charge is 0.231 e. The van der Waals surface area contributed by atoms with Crippen LogP contribution in [0.2, 0.25) is 0 Å². The summed E-state index contributed by atoms with van der Waals surface area (Å²) in [6.07, 6.45) is 2.40. The predicted octanol–water partition coefficient (Wildman–Crippen LogP) is 2.11. The Bertz CT molecular complexity index is 742. The largest absolute Gasteiger partial charge is 0.492 e. The molecule has 0 radical (unpaired) electrons. The lowest BCUT2D eigenvalue weighted by Crippen LogP contribution is -2.36. The number of nitrogens with zero attached hydrogens (tertiary/aromatic N) is 2. The Morgan fingerprint density at radius 3 is 2.80 bits per heavy atom. The molecular formula is C19H21N3O3. The summed E-state index contributed by atoms with van der Waals surface area (Å²) >= 11 is 0. The van der Waals surface area contributed by atoms with Gasteiger partial charge in [0.1, 0.15) is 18.2 Å². The summed E-state index contributed by atoms with van der Waals surface area (Å²) < 4.78 is 11.0. The van der Waals surface area contributed by atoms with Gasteiger partial charge in [-0.15, -0.1) is 0 Å². The second-order valence-electron chi connectivity index (χ2n) is 6.31. The SMILES string of the molecule is O=C(Nc1ccc(N2CCOCC2)nc1)C1COc2ccccc2C1. The van der Waals surface area contributed by atoms with Crippen molar-refractivity contribution in [1.82, 2.24) is 4.98 Å². The normalized spacial score (nSPS) is 19.7. The van der Waals surface area contributed by atoms with E-state index in [-0.39, 0.29) is 11.8 Å². The summed E-state index contributed by atoms with van der Waals surface area (Å²) in [7, 11) is 0. The lowest BCUT2D eigenvalue weighted by Gasteiger charge is -2.28. The maximum atomic E-state index is 12.5. The summed E-state index contributed by atoms with van der Waals surface area (Å²) in [6, 6.07) is 11.7. The van der Waals surface area contributed by atoms with Gasteiger partial charge in [0.05, 0.1) is 31.0 Å². The fourth-order valence-corrected chi connectivity index (χ4v) is 3.18. The van der Waals surface area contributed by atoms with Crippen LogP contribution in [0.4, 0.5) is 11.5 Å². The Morgan fingerprint density at radius 1 is 1.16 bits per heavy atom. The average molecular weight is 339 g/mol. The molecule has 0 spiro atoms. The van der Waals surface area contributed by atoms with Gasteiger partial charge in [0.15, 0.2) is 0 Å². The van der Waals surface area contributed by atoms with Crippen molar-refractivity contribution in [3.8, 4) is 5.75 Å². The highest BCUT2D eigenvalue weighted by molar-refractivity contribution is 5.93. The molecule has 0 aliphatic carbocycles. The number of nitrogens with one attached hydrogen (secondary N) is 1. The van der Waals surface area contributed by atoms with Crippen LogP contribution in [0.15, 0.2) is 42.6 Å². The molecule has 0 bridgehead atoms. The number of rotatable bonds is 3. The monoisotopic (exact) mass is 339 g/mol. The van der Waals surface area contributed by atoms with Gasteiger partial charge in [-0.25, -0.2) is 4.98 Å². The topological polar surface area (TPSA) is 63.7 Å². The highest BCUT2D eigenvalue weighted by atomic mass is 16.5. The maximum Gasteiger partial charge on any atom is 0.231 e. The summed E-state index contributed by atoms with van der Waals surface area (Å²) in [5, 5.41) is 2.95. The van der Waals surface area contributed by atoms with Crippen molar-refractivity contribution in [2.45, 2.75) is 6.42 Å². The number of carbonyl (C=O) groups excluding carboxylic acids is 1. The Morgan fingerprint density at radius 2 is 2.00 bits per heavy atom. The number of amides is 1. The van der Waals surface area contributed by atoms with Crippen LogP contribution in [0, 0.1) is 5.92 Å². The molecule has 1 N–H and O–H groups in total. The number of hydrogen-bond donors (Lipinski definition) is 1. The van der Waals surface area contributed by atoms with Crippen molar-refractivity contribution in [2.75, 3.05) is 43.1 Å². The lowest BCUT2D eigenvalue weighted by molar-refractivity contribution is -0.121. The van der Waals surface area contributed by atoms with Crippen LogP contribution in [0.25, 0.3) is 0 Å². The number of para-hydroxylation sites is 1. The van der Waals surface area contributed by atoms with Gasteiger partial charge >= 0.3 is 0 Å². The highest BCUT2D eigenvalue weighted by Crippen LogP contribution is 2.27. The van der Waals surface area contributed by atoms with Gasteiger partial charge in [-0.2, -0.15) is 0 Å². The molecule has 1 aromatic carbocycles. The number of benzene rings is 1. The molecule has 1 unspecified atom stereocenters. The molecule has 1 fully saturated rings. The van der Waals surface area contributed by atoms with E-state index in [1.165, 1.54) is 0 Å². The van der Waals surface area contributed by atoms with Crippen LogP contribution in [0.5, 0.6) is 5.75 Å². The molecule has 25 heavy (non-hydrogen) atoms. The zero-order valence-corrected chi connectivity index (χ0v) is 14.0. The molecular weight excluding hydrogens is 318 g/mol. The molecule has 2 aliphatic rings. The zero-order chi connectivity index (χ0) is 17.1. The van der Waals surface area contributed by atoms with Gasteiger partial charge in [0, 0.05) is 13.1 Å². The predicted molar refractivity (Wildman–Crippen MR) is 95.0 cm³/mol. The van der Waals surface area contributed by atoms with Gasteiger partial charge in [-0.1, -0.05) is 18.2 Å². The third kappa shape index (κ3) is 3.58. The Hall–Kier alpha value is -2.60. The fourth-order valence-electron chi connectivity index (χ4n) is 3.18. The molecule has 1 amide bonds. The van der Waals surface area contributed by atoms with E-state index < -0.39 is 0 Å². The fraction of sp³-hybridized carbons (Fsp3) is 0.368. The van der Waals surface area contributed by atoms with Crippen molar-refractivity contribution in [3.05, 3.63) is 48.2 Å². The molecule has 130 valence electrons. The minimum atomic E-state index is -0.186. The van der Waals surface area contributed by atoms with Crippen molar-refractivity contribution >= 4 is 17.4 Å². The van der Waals surface area contributed by atoms with Crippen molar-refractivity contribution in [2.24, 2.45) is 5.92 Å². The molecule has 0 saturated carbocycles. The number of anilines is 2. The lowest BCUT2D eigenvalue weighted by atomic mass is 9.96. The molecule has 6 nitrogen and oxygen atoms in total. The minimum absolute atomic E-state index is 0.0320. The van der Waals surface area contributed by atoms with Gasteiger partial charge in [-0.05, 0) is 30.2 Å². The Labute approximate surface area is 146 Å². The van der Waals surface area contributed by atoms with E-state index >= 15 is 0 Å². The summed E-state index contributed by atoms with van der Waals surface area (Å²) in [4.78, 5) is 19.2. The van der Waals surface area contributed by atoms with Gasteiger partial charge in [0.2, 0.25) is 5.91 Å². The first-order chi connectivity index (χ1) is 12.3. The van der Waals surface area contributed by atoms with E-state index in [4.69, 9.17) is 9.47 Å². The first-order valence-corrected chi connectivity index (χ1v) is 8.60. The van der Waals surface area contributed by atoms with Gasteiger partial charge in [-0.3, -0.25) is 4.79 Å². The van der Waals surface area contributed by atoms with Crippen LogP contribution in [-0.2, 0) is 16.0 Å². The number of fused-ring (bicyclic) bond motifs is 1. The number of hydrogen-bond acceptors (Lipinski definition) is 5. The second kappa shape index (κ2) is 7.11. The minimum Gasteiger partial charge on any atom is -0.492 e. The molecule has 1 atom stereocenters. The van der Waals surface area contributed by atoms with Gasteiger partial charge in [0.25, 0.3) is 0 Å². The van der Waals surface area contributed by atoms with Crippen LogP contribution < -0.4 is 15.0 Å². The number of pyridine rings is 1. The molecule has 6 heteroatoms. The summed E-state index contributed by atoms with van der Waals surface area (Å²) in [6.45, 7) is 3.55. The van der Waals surface area contributed by atoms with Crippen molar-refractivity contribution in [1.29, 1.82) is 0 Å². The highest BCUT2D eigenvalue weighted by Gasteiger charge is 2.26. The first kappa shape index (κ1) is 15.9. The van der Waals surface area contributed by atoms with Crippen LogP contribution in [0.1, 0.15) is 5.56 Å². The Kier molecular flexibility index (Phi) is 4.52.